The highest BCUT2D eigenvalue weighted by molar-refractivity contribution is 5.99. The number of rotatable bonds is 6. The van der Waals surface area contributed by atoms with Crippen molar-refractivity contribution in [3.05, 3.63) is 23.9 Å². The number of hydrogen-bond acceptors (Lipinski definition) is 4. The van der Waals surface area contributed by atoms with Gasteiger partial charge < -0.3 is 15.3 Å². The largest absolute Gasteiger partial charge is 0.396 e. The second-order valence-corrected chi connectivity index (χ2v) is 5.66. The lowest BCUT2D eigenvalue weighted by molar-refractivity contribution is 0.0936. The van der Waals surface area contributed by atoms with Crippen LogP contribution in [-0.4, -0.2) is 41.7 Å². The van der Waals surface area contributed by atoms with Crippen molar-refractivity contribution < 1.29 is 9.90 Å². The van der Waals surface area contributed by atoms with E-state index in [-0.39, 0.29) is 18.6 Å². The third-order valence-electron chi connectivity index (χ3n) is 3.86. The van der Waals surface area contributed by atoms with Gasteiger partial charge in [-0.1, -0.05) is 0 Å². The highest BCUT2D eigenvalue weighted by atomic mass is 16.3. The number of piperidine rings is 1. The van der Waals surface area contributed by atoms with Crippen LogP contribution in [0.2, 0.25) is 0 Å². The summed E-state index contributed by atoms with van der Waals surface area (Å²) in [5.41, 5.74) is 0.648. The molecule has 0 bridgehead atoms. The molecule has 2 N–H and O–H groups in total. The molecule has 21 heavy (non-hydrogen) atoms. The first-order valence-electron chi connectivity index (χ1n) is 7.84. The molecule has 1 saturated heterocycles. The first kappa shape index (κ1) is 15.8. The van der Waals surface area contributed by atoms with Crippen LogP contribution in [0.15, 0.2) is 18.3 Å². The molecule has 0 spiro atoms. The van der Waals surface area contributed by atoms with Gasteiger partial charge in [-0.15, -0.1) is 0 Å². The van der Waals surface area contributed by atoms with Crippen LogP contribution in [0.25, 0.3) is 0 Å². The number of anilines is 1. The summed E-state index contributed by atoms with van der Waals surface area (Å²) in [5.74, 6) is 0.721. The Labute approximate surface area is 126 Å². The van der Waals surface area contributed by atoms with Gasteiger partial charge in [-0.2, -0.15) is 0 Å². The lowest BCUT2D eigenvalue weighted by Crippen LogP contribution is -2.36. The van der Waals surface area contributed by atoms with Crippen LogP contribution in [0.3, 0.4) is 0 Å². The maximum Gasteiger partial charge on any atom is 0.255 e. The average Bonchev–Trinajstić information content (AvgIpc) is 2.53. The number of carbonyl (C=O) groups is 1. The average molecular weight is 291 g/mol. The van der Waals surface area contributed by atoms with E-state index in [1.807, 2.05) is 13.0 Å². The summed E-state index contributed by atoms with van der Waals surface area (Å²) in [5, 5.41) is 11.8. The maximum atomic E-state index is 12.4. The minimum absolute atomic E-state index is 0.0547. The molecule has 1 aromatic rings. The highest BCUT2D eigenvalue weighted by Crippen LogP contribution is 2.21. The van der Waals surface area contributed by atoms with Crippen molar-refractivity contribution in [1.82, 2.24) is 10.3 Å². The molecular weight excluding hydrogens is 266 g/mol. The number of aromatic nitrogens is 1. The molecule has 1 aliphatic rings. The lowest BCUT2D eigenvalue weighted by atomic mass is 10.1. The van der Waals surface area contributed by atoms with Crippen molar-refractivity contribution in [2.24, 2.45) is 0 Å². The summed E-state index contributed by atoms with van der Waals surface area (Å²) in [7, 11) is 0. The summed E-state index contributed by atoms with van der Waals surface area (Å²) in [4.78, 5) is 19.1. The molecule has 1 aromatic heterocycles. The zero-order chi connectivity index (χ0) is 15.1. The fourth-order valence-electron chi connectivity index (χ4n) is 2.70. The summed E-state index contributed by atoms with van der Waals surface area (Å²) >= 11 is 0. The quantitative estimate of drug-likeness (QED) is 0.841. The van der Waals surface area contributed by atoms with Gasteiger partial charge in [0, 0.05) is 31.9 Å². The molecule has 116 valence electrons. The number of pyridine rings is 1. The van der Waals surface area contributed by atoms with Gasteiger partial charge >= 0.3 is 0 Å². The van der Waals surface area contributed by atoms with E-state index in [2.05, 4.69) is 15.2 Å². The monoisotopic (exact) mass is 291 g/mol. The minimum Gasteiger partial charge on any atom is -0.396 e. The van der Waals surface area contributed by atoms with Crippen molar-refractivity contribution in [1.29, 1.82) is 0 Å². The van der Waals surface area contributed by atoms with Crippen molar-refractivity contribution in [3.63, 3.8) is 0 Å². The lowest BCUT2D eigenvalue weighted by Gasteiger charge is -2.29. The Hall–Kier alpha value is -1.62. The van der Waals surface area contributed by atoms with Crippen LogP contribution in [0.1, 0.15) is 49.4 Å². The predicted molar refractivity (Wildman–Crippen MR) is 83.5 cm³/mol. The van der Waals surface area contributed by atoms with Gasteiger partial charge in [0.2, 0.25) is 0 Å². The molecule has 1 fully saturated rings. The first-order chi connectivity index (χ1) is 10.2. The molecule has 5 heteroatoms. The van der Waals surface area contributed by atoms with E-state index >= 15 is 0 Å². The Bertz CT molecular complexity index is 459. The van der Waals surface area contributed by atoms with Crippen LogP contribution < -0.4 is 10.2 Å². The molecule has 1 atom stereocenters. The van der Waals surface area contributed by atoms with Crippen LogP contribution in [0.4, 0.5) is 5.82 Å². The predicted octanol–water partition coefficient (Wildman–Crippen LogP) is 1.96. The van der Waals surface area contributed by atoms with Gasteiger partial charge in [0.1, 0.15) is 5.82 Å². The van der Waals surface area contributed by atoms with E-state index in [0.29, 0.717) is 12.0 Å². The smallest absolute Gasteiger partial charge is 0.255 e. The van der Waals surface area contributed by atoms with Crippen LogP contribution in [-0.2, 0) is 0 Å². The summed E-state index contributed by atoms with van der Waals surface area (Å²) in [6, 6.07) is 3.70. The normalized spacial score (nSPS) is 16.6. The Balaban J connectivity index is 2.06. The molecule has 1 unspecified atom stereocenters. The number of hydrogen-bond donors (Lipinski definition) is 2. The molecule has 5 nitrogen and oxygen atoms in total. The van der Waals surface area contributed by atoms with E-state index in [9.17, 15) is 4.79 Å². The molecule has 0 radical (unpaired) electrons. The van der Waals surface area contributed by atoms with E-state index in [1.54, 1.807) is 12.3 Å². The molecular formula is C16H25N3O2. The van der Waals surface area contributed by atoms with Gasteiger partial charge in [0.05, 0.1) is 5.56 Å². The molecule has 0 aliphatic carbocycles. The van der Waals surface area contributed by atoms with Crippen molar-refractivity contribution in [2.45, 2.75) is 45.1 Å². The number of nitrogens with one attached hydrogen (secondary N) is 1. The standard InChI is InChI=1S/C16H25N3O2/c1-13(7-6-12-20)18-16(21)14-8-5-9-17-15(14)19-10-3-2-4-11-19/h5,8-9,13,20H,2-4,6-7,10-12H2,1H3,(H,18,21). The minimum atomic E-state index is -0.0749. The number of aliphatic hydroxyl groups is 1. The Kier molecular flexibility index (Phi) is 5.99. The second kappa shape index (κ2) is 7.98. The number of aliphatic hydroxyl groups excluding tert-OH is 1. The molecule has 2 heterocycles. The first-order valence-corrected chi connectivity index (χ1v) is 7.84. The third kappa shape index (κ3) is 4.43. The fourth-order valence-corrected chi connectivity index (χ4v) is 2.70. The Morgan fingerprint density at radius 2 is 2.19 bits per heavy atom. The number of nitrogens with zero attached hydrogens (tertiary/aromatic N) is 2. The van der Waals surface area contributed by atoms with Gasteiger partial charge in [0.25, 0.3) is 5.91 Å². The summed E-state index contributed by atoms with van der Waals surface area (Å²) in [6.45, 7) is 4.06. The molecule has 0 saturated carbocycles. The second-order valence-electron chi connectivity index (χ2n) is 5.66. The van der Waals surface area contributed by atoms with E-state index < -0.39 is 0 Å². The van der Waals surface area contributed by atoms with Crippen molar-refractivity contribution >= 4 is 11.7 Å². The Morgan fingerprint density at radius 3 is 2.90 bits per heavy atom. The zero-order valence-corrected chi connectivity index (χ0v) is 12.7. The molecule has 1 amide bonds. The van der Waals surface area contributed by atoms with Crippen molar-refractivity contribution in [2.75, 3.05) is 24.6 Å². The van der Waals surface area contributed by atoms with Crippen LogP contribution >= 0.6 is 0 Å². The topological polar surface area (TPSA) is 65.5 Å². The Morgan fingerprint density at radius 1 is 1.43 bits per heavy atom. The van der Waals surface area contributed by atoms with E-state index in [0.717, 1.165) is 38.2 Å². The highest BCUT2D eigenvalue weighted by Gasteiger charge is 2.20. The summed E-state index contributed by atoms with van der Waals surface area (Å²) < 4.78 is 0. The van der Waals surface area contributed by atoms with Gasteiger partial charge in [-0.05, 0) is 51.2 Å². The molecule has 1 aliphatic heterocycles. The molecule has 2 rings (SSSR count). The number of carbonyl (C=O) groups excluding carboxylic acids is 1. The van der Waals surface area contributed by atoms with Crippen LogP contribution in [0.5, 0.6) is 0 Å². The SMILES string of the molecule is CC(CCCO)NC(=O)c1cccnc1N1CCCCC1. The fraction of sp³-hybridized carbons (Fsp3) is 0.625. The van der Waals surface area contributed by atoms with Crippen molar-refractivity contribution in [3.8, 4) is 0 Å². The number of amides is 1. The maximum absolute atomic E-state index is 12.4. The zero-order valence-electron chi connectivity index (χ0n) is 12.7. The summed E-state index contributed by atoms with van der Waals surface area (Å²) in [6.07, 6.45) is 6.79. The van der Waals surface area contributed by atoms with E-state index in [4.69, 9.17) is 5.11 Å². The third-order valence-corrected chi connectivity index (χ3v) is 3.86. The van der Waals surface area contributed by atoms with Gasteiger partial charge in [0.15, 0.2) is 0 Å². The van der Waals surface area contributed by atoms with Gasteiger partial charge in [-0.3, -0.25) is 4.79 Å². The van der Waals surface area contributed by atoms with Gasteiger partial charge in [-0.25, -0.2) is 4.98 Å². The van der Waals surface area contributed by atoms with Crippen LogP contribution in [0, 0.1) is 0 Å². The van der Waals surface area contributed by atoms with E-state index in [1.165, 1.54) is 6.42 Å². The molecule has 0 aromatic carbocycles.